The summed E-state index contributed by atoms with van der Waals surface area (Å²) < 4.78 is 10.0. The van der Waals surface area contributed by atoms with Crippen LogP contribution in [0.2, 0.25) is 0 Å². The molecule has 4 nitrogen and oxygen atoms in total. The molecule has 6 heteroatoms. The molecule has 3 aliphatic heterocycles. The Morgan fingerprint density at radius 1 is 0.500 bits per heavy atom. The molecular formula is C74H68BN3OS. The quantitative estimate of drug-likeness (QED) is 0.164. The van der Waals surface area contributed by atoms with Gasteiger partial charge in [0.15, 0.2) is 5.58 Å². The van der Waals surface area contributed by atoms with Gasteiger partial charge in [-0.15, -0.1) is 11.3 Å². The minimum absolute atomic E-state index is 0.0139. The zero-order valence-electron chi connectivity index (χ0n) is 47.7. The van der Waals surface area contributed by atoms with Crippen LogP contribution in [0.3, 0.4) is 0 Å². The molecule has 0 N–H and O–H groups in total. The lowest BCUT2D eigenvalue weighted by Gasteiger charge is -2.51. The van der Waals surface area contributed by atoms with Gasteiger partial charge in [0.2, 0.25) is 0 Å². The van der Waals surface area contributed by atoms with Crippen molar-refractivity contribution < 1.29 is 4.42 Å². The first-order valence-corrected chi connectivity index (χ1v) is 30.3. The summed E-state index contributed by atoms with van der Waals surface area (Å²) in [5.41, 5.74) is 23.3. The van der Waals surface area contributed by atoms with Crippen molar-refractivity contribution in [2.75, 3.05) is 14.7 Å². The maximum atomic E-state index is 7.40. The molecule has 11 aromatic rings. The van der Waals surface area contributed by atoms with Crippen LogP contribution in [-0.2, 0) is 21.7 Å². The number of anilines is 8. The molecule has 0 amide bonds. The second-order valence-corrected chi connectivity index (χ2v) is 28.0. The molecule has 16 rings (SSSR count). The Balaban J connectivity index is 1.11. The predicted octanol–water partition coefficient (Wildman–Crippen LogP) is 19.1. The Morgan fingerprint density at radius 3 is 1.98 bits per heavy atom. The molecule has 2 unspecified atom stereocenters. The number of furan rings is 1. The molecule has 0 saturated heterocycles. The number of benzene rings is 9. The summed E-state index contributed by atoms with van der Waals surface area (Å²) in [6, 6.07) is 68.1. The van der Waals surface area contributed by atoms with Gasteiger partial charge in [-0.1, -0.05) is 190 Å². The fourth-order valence-corrected chi connectivity index (χ4v) is 17.2. The van der Waals surface area contributed by atoms with Crippen LogP contribution < -0.4 is 31.1 Å². The van der Waals surface area contributed by atoms with Crippen LogP contribution in [0.5, 0.6) is 0 Å². The number of thiophene rings is 1. The highest BCUT2D eigenvalue weighted by Crippen LogP contribution is 2.63. The average Bonchev–Trinajstić information content (AvgIpc) is 3.77. The van der Waals surface area contributed by atoms with Gasteiger partial charge in [-0.2, -0.15) is 0 Å². The van der Waals surface area contributed by atoms with Crippen LogP contribution in [0.4, 0.5) is 45.5 Å². The highest BCUT2D eigenvalue weighted by Gasteiger charge is 2.58. The molecule has 5 aliphatic rings. The van der Waals surface area contributed by atoms with Crippen molar-refractivity contribution in [2.24, 2.45) is 0 Å². The second kappa shape index (κ2) is 16.5. The summed E-state index contributed by atoms with van der Waals surface area (Å²) in [6.45, 7) is 22.0. The first kappa shape index (κ1) is 48.4. The van der Waals surface area contributed by atoms with E-state index < -0.39 is 0 Å². The van der Waals surface area contributed by atoms with Crippen molar-refractivity contribution in [3.8, 4) is 11.1 Å². The van der Waals surface area contributed by atoms with Crippen molar-refractivity contribution in [3.63, 3.8) is 0 Å². The smallest absolute Gasteiger partial charge is 0.252 e. The summed E-state index contributed by atoms with van der Waals surface area (Å²) in [4.78, 5) is 8.24. The van der Waals surface area contributed by atoms with E-state index in [1.807, 2.05) is 11.3 Å². The Bertz CT molecular complexity index is 4440. The highest BCUT2D eigenvalue weighted by molar-refractivity contribution is 7.26. The average molecular weight is 1060 g/mol. The van der Waals surface area contributed by atoms with Gasteiger partial charge in [-0.3, -0.25) is 0 Å². The Hall–Kier alpha value is -7.54. The van der Waals surface area contributed by atoms with E-state index in [9.17, 15) is 0 Å². The third kappa shape index (κ3) is 6.51. The van der Waals surface area contributed by atoms with E-state index in [4.69, 9.17) is 4.42 Å². The van der Waals surface area contributed by atoms with Crippen molar-refractivity contribution in [1.82, 2.24) is 0 Å². The van der Waals surface area contributed by atoms with Gasteiger partial charge in [-0.25, -0.2) is 0 Å². The molecule has 2 atom stereocenters. The van der Waals surface area contributed by atoms with Crippen molar-refractivity contribution >= 4 is 122 Å². The van der Waals surface area contributed by atoms with Crippen LogP contribution in [-0.4, -0.2) is 12.3 Å². The summed E-state index contributed by atoms with van der Waals surface area (Å²) in [6.07, 6.45) is 6.97. The second-order valence-electron chi connectivity index (χ2n) is 27.0. The monoisotopic (exact) mass is 1060 g/mol. The summed E-state index contributed by atoms with van der Waals surface area (Å²) in [5, 5.41) is 4.90. The van der Waals surface area contributed by atoms with E-state index in [0.717, 1.165) is 59.0 Å². The van der Waals surface area contributed by atoms with Crippen LogP contribution in [0.25, 0.3) is 53.2 Å². The summed E-state index contributed by atoms with van der Waals surface area (Å²) in [7, 11) is 0. The van der Waals surface area contributed by atoms with E-state index in [1.54, 1.807) is 0 Å². The molecule has 2 aliphatic carbocycles. The molecular weight excluding hydrogens is 990 g/mol. The van der Waals surface area contributed by atoms with E-state index in [2.05, 4.69) is 253 Å². The fourth-order valence-electron chi connectivity index (χ4n) is 16.0. The molecule has 0 spiro atoms. The van der Waals surface area contributed by atoms with Crippen LogP contribution >= 0.6 is 11.3 Å². The molecule has 394 valence electrons. The summed E-state index contributed by atoms with van der Waals surface area (Å²) >= 11 is 1.94. The van der Waals surface area contributed by atoms with Gasteiger partial charge in [0.05, 0.1) is 27.3 Å². The Morgan fingerprint density at radius 2 is 1.18 bits per heavy atom. The first-order valence-electron chi connectivity index (χ1n) is 29.5. The predicted molar refractivity (Wildman–Crippen MR) is 343 cm³/mol. The van der Waals surface area contributed by atoms with Crippen molar-refractivity contribution in [2.45, 2.75) is 128 Å². The molecule has 0 radical (unpaired) electrons. The molecule has 1 fully saturated rings. The van der Waals surface area contributed by atoms with Crippen molar-refractivity contribution in [3.05, 3.63) is 198 Å². The third-order valence-corrected chi connectivity index (χ3v) is 21.8. The molecule has 80 heavy (non-hydrogen) atoms. The number of rotatable bonds is 4. The van der Waals surface area contributed by atoms with Crippen LogP contribution in [0.1, 0.15) is 123 Å². The van der Waals surface area contributed by atoms with Gasteiger partial charge >= 0.3 is 0 Å². The van der Waals surface area contributed by atoms with Gasteiger partial charge in [-0.05, 0) is 148 Å². The third-order valence-electron chi connectivity index (χ3n) is 20.6. The lowest BCUT2D eigenvalue weighted by atomic mass is 9.33. The normalized spacial score (nSPS) is 20.5. The minimum atomic E-state index is -0.181. The van der Waals surface area contributed by atoms with E-state index >= 15 is 0 Å². The molecule has 1 saturated carbocycles. The zero-order chi connectivity index (χ0) is 54.4. The number of nitrogens with zero attached hydrogens (tertiary/aromatic N) is 3. The first-order chi connectivity index (χ1) is 38.5. The van der Waals surface area contributed by atoms with Gasteiger partial charge < -0.3 is 19.1 Å². The maximum absolute atomic E-state index is 7.40. The molecule has 5 heterocycles. The standard InChI is InChI=1S/C74H68BN3OS/c1-70(2,3)46-32-35-58(52(40-46)45-22-11-10-12-23-45)77-63-42-47(78-59-28-16-15-27-53(59)73(8)36-19-20-37-74(73,78)9)41-62-66(63)75(56-34-33-50-48-24-13-17-30-64(48)79-68(50)67(56)77)57-43-54-55(72(6,7)39-38-71(54,4)5)44-61(57)76(62)60-29-21-26-51-49-25-14-18-31-65(49)80-69(51)60/h10-18,21-35,40-44H,19-20,36-39H2,1-9H3. The SMILES string of the molecule is CC(C)(C)c1ccc(N2c3cc(N4c5ccccc5C5(C)CCCCC45C)cc4c3B(c3cc5c(cc3N4c3cccc4c3sc3ccccc34)C(C)(C)CCC5(C)C)c3ccc4c(oc5ccccc54)c32)c(-c2ccccc2)c1. The van der Waals surface area contributed by atoms with Gasteiger partial charge in [0.25, 0.3) is 6.71 Å². The maximum Gasteiger partial charge on any atom is 0.252 e. The van der Waals surface area contributed by atoms with E-state index in [-0.39, 0.29) is 33.9 Å². The Labute approximate surface area is 475 Å². The number of hydrogen-bond donors (Lipinski definition) is 0. The number of para-hydroxylation sites is 2. The van der Waals surface area contributed by atoms with Crippen molar-refractivity contribution in [1.29, 1.82) is 0 Å². The Kier molecular flexibility index (Phi) is 10.0. The lowest BCUT2D eigenvalue weighted by molar-refractivity contribution is 0.195. The lowest BCUT2D eigenvalue weighted by Crippen LogP contribution is -2.62. The number of fused-ring (bicyclic) bond motifs is 15. The van der Waals surface area contributed by atoms with E-state index in [1.165, 1.54) is 117 Å². The minimum Gasteiger partial charge on any atom is -0.454 e. The fraction of sp³-hybridized carbons (Fsp3) is 0.270. The van der Waals surface area contributed by atoms with Gasteiger partial charge in [0, 0.05) is 65.7 Å². The zero-order valence-corrected chi connectivity index (χ0v) is 48.5. The van der Waals surface area contributed by atoms with Crippen LogP contribution in [0, 0.1) is 0 Å². The molecule has 2 aromatic heterocycles. The summed E-state index contributed by atoms with van der Waals surface area (Å²) in [5.74, 6) is 0. The van der Waals surface area contributed by atoms with Crippen LogP contribution in [0.15, 0.2) is 180 Å². The molecule has 0 bridgehead atoms. The largest absolute Gasteiger partial charge is 0.454 e. The highest BCUT2D eigenvalue weighted by atomic mass is 32.1. The molecule has 9 aromatic carbocycles. The topological polar surface area (TPSA) is 22.9 Å². The number of hydrogen-bond acceptors (Lipinski definition) is 5. The van der Waals surface area contributed by atoms with Gasteiger partial charge in [0.1, 0.15) is 5.58 Å². The van der Waals surface area contributed by atoms with E-state index in [0.29, 0.717) is 0 Å².